The Morgan fingerprint density at radius 1 is 0.750 bits per heavy atom. The van der Waals surface area contributed by atoms with Gasteiger partial charge in [-0.15, -0.1) is 0 Å². The summed E-state index contributed by atoms with van der Waals surface area (Å²) in [5.41, 5.74) is 0. The SMILES string of the molecule is O=C(O)C1CCCCN(C(=O)N2CCCCC(C(=O)O)C2=O)C1=O. The summed E-state index contributed by atoms with van der Waals surface area (Å²) in [6.45, 7) is 0.0614. The zero-order valence-electron chi connectivity index (χ0n) is 13.1. The number of amides is 4. The molecule has 0 aromatic carbocycles. The number of hydrogen-bond donors (Lipinski definition) is 2. The molecule has 2 unspecified atom stereocenters. The number of nitrogens with zero attached hydrogens (tertiary/aromatic N) is 2. The van der Waals surface area contributed by atoms with Crippen LogP contribution in [-0.4, -0.2) is 62.9 Å². The summed E-state index contributed by atoms with van der Waals surface area (Å²) in [6.07, 6.45) is 2.15. The fourth-order valence-electron chi connectivity index (χ4n) is 3.06. The molecule has 0 aromatic heterocycles. The van der Waals surface area contributed by atoms with Crippen molar-refractivity contribution in [2.75, 3.05) is 13.1 Å². The second-order valence-corrected chi connectivity index (χ2v) is 6.04. The first-order valence-electron chi connectivity index (χ1n) is 7.97. The highest BCUT2D eigenvalue weighted by atomic mass is 16.4. The van der Waals surface area contributed by atoms with Gasteiger partial charge in [0.15, 0.2) is 0 Å². The summed E-state index contributed by atoms with van der Waals surface area (Å²) < 4.78 is 0. The minimum Gasteiger partial charge on any atom is -0.481 e. The number of likely N-dealkylation sites (tertiary alicyclic amines) is 2. The lowest BCUT2D eigenvalue weighted by Crippen LogP contribution is -2.52. The van der Waals surface area contributed by atoms with Crippen LogP contribution >= 0.6 is 0 Å². The lowest BCUT2D eigenvalue weighted by atomic mass is 10.0. The van der Waals surface area contributed by atoms with Crippen molar-refractivity contribution in [3.8, 4) is 0 Å². The fraction of sp³-hybridized carbons (Fsp3) is 0.667. The van der Waals surface area contributed by atoms with Gasteiger partial charge in [0.1, 0.15) is 11.8 Å². The number of rotatable bonds is 2. The Hall–Kier alpha value is -2.45. The molecule has 0 aromatic rings. The smallest absolute Gasteiger partial charge is 0.333 e. The van der Waals surface area contributed by atoms with E-state index in [1.165, 1.54) is 0 Å². The molecule has 0 spiro atoms. The largest absolute Gasteiger partial charge is 0.481 e. The van der Waals surface area contributed by atoms with E-state index < -0.39 is 41.6 Å². The van der Waals surface area contributed by atoms with E-state index in [1.807, 2.05) is 0 Å². The number of carbonyl (C=O) groups is 5. The van der Waals surface area contributed by atoms with Crippen LogP contribution in [0.1, 0.15) is 38.5 Å². The molecular formula is C15H20N2O7. The van der Waals surface area contributed by atoms with Crippen LogP contribution in [0.25, 0.3) is 0 Å². The first-order chi connectivity index (χ1) is 11.3. The van der Waals surface area contributed by atoms with Gasteiger partial charge in [-0.05, 0) is 25.7 Å². The topological polar surface area (TPSA) is 132 Å². The van der Waals surface area contributed by atoms with Crippen molar-refractivity contribution in [1.82, 2.24) is 9.80 Å². The average Bonchev–Trinajstić information content (AvgIpc) is 2.82. The van der Waals surface area contributed by atoms with E-state index in [9.17, 15) is 24.0 Å². The van der Waals surface area contributed by atoms with Gasteiger partial charge in [-0.1, -0.05) is 12.8 Å². The van der Waals surface area contributed by atoms with E-state index in [0.717, 1.165) is 9.80 Å². The maximum absolute atomic E-state index is 12.6. The normalized spacial score (nSPS) is 25.8. The Kier molecular flexibility index (Phi) is 5.53. The molecule has 2 atom stereocenters. The van der Waals surface area contributed by atoms with Crippen LogP contribution in [0.2, 0.25) is 0 Å². The van der Waals surface area contributed by atoms with Gasteiger partial charge in [0.05, 0.1) is 0 Å². The average molecular weight is 340 g/mol. The van der Waals surface area contributed by atoms with E-state index in [0.29, 0.717) is 25.7 Å². The molecule has 2 saturated heterocycles. The maximum Gasteiger partial charge on any atom is 0.333 e. The summed E-state index contributed by atoms with van der Waals surface area (Å²) in [7, 11) is 0. The van der Waals surface area contributed by atoms with Crippen LogP contribution in [0.3, 0.4) is 0 Å². The van der Waals surface area contributed by atoms with Crippen LogP contribution in [0.5, 0.6) is 0 Å². The summed E-state index contributed by atoms with van der Waals surface area (Å²) in [4.78, 5) is 61.3. The van der Waals surface area contributed by atoms with Gasteiger partial charge in [-0.25, -0.2) is 4.79 Å². The molecular weight excluding hydrogens is 320 g/mol. The Balaban J connectivity index is 2.24. The molecule has 0 radical (unpaired) electrons. The molecule has 2 heterocycles. The Morgan fingerprint density at radius 3 is 1.46 bits per heavy atom. The third-order valence-corrected chi connectivity index (χ3v) is 4.44. The lowest BCUT2D eigenvalue weighted by molar-refractivity contribution is -0.149. The standard InChI is InChI=1S/C15H20N2O7/c18-11-9(13(20)21)5-1-3-7-16(11)15(24)17-8-4-2-6-10(12(17)19)14(22)23/h9-10H,1-8H2,(H,20,21)(H,22,23). The van der Waals surface area contributed by atoms with Crippen molar-refractivity contribution in [3.63, 3.8) is 0 Å². The number of hydrogen-bond acceptors (Lipinski definition) is 5. The van der Waals surface area contributed by atoms with Crippen molar-refractivity contribution in [3.05, 3.63) is 0 Å². The minimum atomic E-state index is -1.31. The van der Waals surface area contributed by atoms with Crippen LogP contribution < -0.4 is 0 Å². The van der Waals surface area contributed by atoms with E-state index in [1.54, 1.807) is 0 Å². The van der Waals surface area contributed by atoms with E-state index >= 15 is 0 Å². The van der Waals surface area contributed by atoms with Gasteiger partial charge in [-0.2, -0.15) is 0 Å². The Labute approximate surface area is 138 Å². The third kappa shape index (κ3) is 3.55. The lowest BCUT2D eigenvalue weighted by Gasteiger charge is -2.28. The maximum atomic E-state index is 12.6. The fourth-order valence-corrected chi connectivity index (χ4v) is 3.06. The minimum absolute atomic E-state index is 0.0307. The summed E-state index contributed by atoms with van der Waals surface area (Å²) in [5.74, 6) is -6.90. The van der Waals surface area contributed by atoms with E-state index in [-0.39, 0.29) is 25.9 Å². The number of carbonyl (C=O) groups excluding carboxylic acids is 3. The summed E-state index contributed by atoms with van der Waals surface area (Å²) >= 11 is 0. The van der Waals surface area contributed by atoms with Crippen molar-refractivity contribution in [2.24, 2.45) is 11.8 Å². The first-order valence-corrected chi connectivity index (χ1v) is 7.97. The zero-order valence-corrected chi connectivity index (χ0v) is 13.1. The Bertz CT molecular complexity index is 526. The van der Waals surface area contributed by atoms with Crippen LogP contribution in [0, 0.1) is 11.8 Å². The summed E-state index contributed by atoms with van der Waals surface area (Å²) in [5, 5.41) is 18.3. The van der Waals surface area contributed by atoms with Gasteiger partial charge in [0, 0.05) is 13.1 Å². The molecule has 2 aliphatic heterocycles. The molecule has 0 bridgehead atoms. The zero-order chi connectivity index (χ0) is 17.9. The number of imide groups is 2. The van der Waals surface area contributed by atoms with Crippen LogP contribution in [0.4, 0.5) is 4.79 Å². The van der Waals surface area contributed by atoms with Gasteiger partial charge >= 0.3 is 18.0 Å². The highest BCUT2D eigenvalue weighted by molar-refractivity contribution is 6.10. The molecule has 9 nitrogen and oxygen atoms in total. The first kappa shape index (κ1) is 17.9. The van der Waals surface area contributed by atoms with Gasteiger partial charge in [0.25, 0.3) is 0 Å². The predicted molar refractivity (Wildman–Crippen MR) is 78.8 cm³/mol. The molecule has 0 aliphatic carbocycles. The van der Waals surface area contributed by atoms with Crippen molar-refractivity contribution in [1.29, 1.82) is 0 Å². The number of carboxylic acids is 2. The molecule has 0 saturated carbocycles. The number of urea groups is 1. The highest BCUT2D eigenvalue weighted by Crippen LogP contribution is 2.23. The van der Waals surface area contributed by atoms with Crippen LogP contribution in [0.15, 0.2) is 0 Å². The second-order valence-electron chi connectivity index (χ2n) is 6.04. The summed E-state index contributed by atoms with van der Waals surface area (Å²) in [6, 6.07) is -0.911. The molecule has 24 heavy (non-hydrogen) atoms. The van der Waals surface area contributed by atoms with Crippen molar-refractivity contribution >= 4 is 29.8 Å². The third-order valence-electron chi connectivity index (χ3n) is 4.44. The molecule has 9 heteroatoms. The van der Waals surface area contributed by atoms with Gasteiger partial charge in [-0.3, -0.25) is 29.0 Å². The van der Waals surface area contributed by atoms with E-state index in [4.69, 9.17) is 10.2 Å². The molecule has 2 N–H and O–H groups in total. The number of aliphatic carboxylic acids is 2. The van der Waals surface area contributed by atoms with Crippen molar-refractivity contribution < 1.29 is 34.2 Å². The molecule has 4 amide bonds. The van der Waals surface area contributed by atoms with Crippen LogP contribution in [-0.2, 0) is 19.2 Å². The second kappa shape index (κ2) is 7.41. The Morgan fingerprint density at radius 2 is 1.12 bits per heavy atom. The molecule has 2 fully saturated rings. The highest BCUT2D eigenvalue weighted by Gasteiger charge is 2.41. The molecule has 132 valence electrons. The van der Waals surface area contributed by atoms with Gasteiger partial charge < -0.3 is 10.2 Å². The van der Waals surface area contributed by atoms with Gasteiger partial charge in [0.2, 0.25) is 11.8 Å². The monoisotopic (exact) mass is 340 g/mol. The number of carboxylic acid groups (broad SMARTS) is 2. The quantitative estimate of drug-likeness (QED) is 0.701. The predicted octanol–water partition coefficient (Wildman–Crippen LogP) is 0.533. The van der Waals surface area contributed by atoms with E-state index in [2.05, 4.69) is 0 Å². The van der Waals surface area contributed by atoms with Crippen molar-refractivity contribution in [2.45, 2.75) is 38.5 Å². The molecule has 2 rings (SSSR count). The molecule has 2 aliphatic rings.